The van der Waals surface area contributed by atoms with Crippen molar-refractivity contribution < 1.29 is 9.13 Å². The van der Waals surface area contributed by atoms with Crippen molar-refractivity contribution in [1.29, 1.82) is 0 Å². The molecule has 0 aliphatic rings. The van der Waals surface area contributed by atoms with Crippen molar-refractivity contribution >= 4 is 0 Å². The molecule has 0 unspecified atom stereocenters. The molecule has 0 bridgehead atoms. The zero-order valence-electron chi connectivity index (χ0n) is 6.06. The van der Waals surface area contributed by atoms with Gasteiger partial charge in [-0.1, -0.05) is 0 Å². The van der Waals surface area contributed by atoms with Crippen molar-refractivity contribution in [2.75, 3.05) is 40.5 Å². The first-order valence-electron chi connectivity index (χ1n) is 3.04. The molecule has 0 N–H and O–H groups in total. The number of rotatable bonds is 5. The Morgan fingerprint density at radius 2 is 2.11 bits per heavy atom. The summed E-state index contributed by atoms with van der Waals surface area (Å²) in [6, 6.07) is 0. The third-order valence-electron chi connectivity index (χ3n) is 1.14. The molecule has 56 valence electrons. The van der Waals surface area contributed by atoms with Crippen LogP contribution in [0, 0.1) is 0 Å². The van der Waals surface area contributed by atoms with E-state index in [1.165, 1.54) is 0 Å². The highest BCUT2D eigenvalue weighted by Gasteiger charge is 1.94. The molecule has 0 fully saturated rings. The smallest absolute Gasteiger partial charge is 0.102 e. The van der Waals surface area contributed by atoms with Gasteiger partial charge in [0.05, 0.1) is 6.61 Å². The Morgan fingerprint density at radius 1 is 1.44 bits per heavy atom. The van der Waals surface area contributed by atoms with E-state index in [2.05, 4.69) is 0 Å². The summed E-state index contributed by atoms with van der Waals surface area (Å²) in [5, 5.41) is 0. The van der Waals surface area contributed by atoms with Crippen LogP contribution >= 0.6 is 0 Å². The van der Waals surface area contributed by atoms with Crippen LogP contribution in [0.3, 0.4) is 0 Å². The quantitative estimate of drug-likeness (QED) is 0.544. The average Bonchev–Trinajstić information content (AvgIpc) is 1.85. The largest absolute Gasteiger partial charge is 0.383 e. The van der Waals surface area contributed by atoms with E-state index < -0.39 is 0 Å². The Kier molecular flexibility index (Phi) is 5.88. The molecule has 0 atom stereocenters. The molecular weight excluding hydrogens is 120 g/mol. The lowest BCUT2D eigenvalue weighted by Crippen LogP contribution is -2.24. The van der Waals surface area contributed by atoms with Gasteiger partial charge in [0.1, 0.15) is 6.67 Å². The molecule has 9 heavy (non-hydrogen) atoms. The molecule has 0 saturated heterocycles. The number of halogens is 1. The maximum absolute atomic E-state index is 11.6. The van der Waals surface area contributed by atoms with E-state index in [-0.39, 0.29) is 6.67 Å². The molecule has 2 nitrogen and oxygen atoms in total. The van der Waals surface area contributed by atoms with Crippen LogP contribution in [0.1, 0.15) is 0 Å². The van der Waals surface area contributed by atoms with E-state index in [1.807, 2.05) is 11.9 Å². The number of hydrogen-bond donors (Lipinski definition) is 0. The maximum Gasteiger partial charge on any atom is 0.102 e. The second-order valence-corrected chi connectivity index (χ2v) is 1.99. The molecule has 0 aromatic heterocycles. The Labute approximate surface area is 55.6 Å². The molecular formula is C6H14FNO. The van der Waals surface area contributed by atoms with Crippen molar-refractivity contribution in [2.24, 2.45) is 0 Å². The lowest BCUT2D eigenvalue weighted by Gasteiger charge is -2.12. The second-order valence-electron chi connectivity index (χ2n) is 1.99. The topological polar surface area (TPSA) is 12.5 Å². The van der Waals surface area contributed by atoms with Gasteiger partial charge in [-0.2, -0.15) is 0 Å². The fourth-order valence-electron chi connectivity index (χ4n) is 0.503. The highest BCUT2D eigenvalue weighted by Crippen LogP contribution is 1.81. The summed E-state index contributed by atoms with van der Waals surface area (Å²) in [6.07, 6.45) is 0. The number of ether oxygens (including phenoxy) is 1. The summed E-state index contributed by atoms with van der Waals surface area (Å²) in [5.74, 6) is 0. The van der Waals surface area contributed by atoms with E-state index in [0.717, 1.165) is 6.54 Å². The first kappa shape index (κ1) is 8.85. The van der Waals surface area contributed by atoms with Gasteiger partial charge >= 0.3 is 0 Å². The van der Waals surface area contributed by atoms with Crippen LogP contribution in [-0.2, 0) is 4.74 Å². The van der Waals surface area contributed by atoms with Crippen LogP contribution in [0.4, 0.5) is 4.39 Å². The highest BCUT2D eigenvalue weighted by molar-refractivity contribution is 4.46. The van der Waals surface area contributed by atoms with Crippen LogP contribution in [0.5, 0.6) is 0 Å². The zero-order chi connectivity index (χ0) is 7.11. The minimum Gasteiger partial charge on any atom is -0.383 e. The Morgan fingerprint density at radius 3 is 2.56 bits per heavy atom. The second kappa shape index (κ2) is 5.98. The van der Waals surface area contributed by atoms with Crippen LogP contribution in [-0.4, -0.2) is 45.4 Å². The van der Waals surface area contributed by atoms with Gasteiger partial charge in [0, 0.05) is 20.2 Å². The number of methoxy groups -OCH3 is 1. The Balaban J connectivity index is 2.95. The fourth-order valence-corrected chi connectivity index (χ4v) is 0.503. The molecule has 0 aromatic rings. The molecule has 0 spiro atoms. The molecule has 0 aliphatic carbocycles. The van der Waals surface area contributed by atoms with E-state index in [9.17, 15) is 4.39 Å². The van der Waals surface area contributed by atoms with Crippen molar-refractivity contribution in [1.82, 2.24) is 4.90 Å². The lowest BCUT2D eigenvalue weighted by atomic mass is 10.5. The minimum atomic E-state index is -0.278. The summed E-state index contributed by atoms with van der Waals surface area (Å²) in [7, 11) is 3.52. The lowest BCUT2D eigenvalue weighted by molar-refractivity contribution is 0.157. The van der Waals surface area contributed by atoms with Gasteiger partial charge in [-0.15, -0.1) is 0 Å². The van der Waals surface area contributed by atoms with E-state index in [1.54, 1.807) is 7.11 Å². The summed E-state index contributed by atoms with van der Waals surface area (Å²) >= 11 is 0. The van der Waals surface area contributed by atoms with E-state index in [0.29, 0.717) is 13.2 Å². The number of likely N-dealkylation sites (N-methyl/N-ethyl adjacent to an activating group) is 1. The molecule has 0 aromatic carbocycles. The highest BCUT2D eigenvalue weighted by atomic mass is 18.2. The average molecular weight is 134 g/mol. The number of alkyl halides is 1. The van der Waals surface area contributed by atoms with Crippen molar-refractivity contribution in [3.05, 3.63) is 0 Å². The molecule has 0 heterocycles. The molecule has 0 aliphatic heterocycles. The SMILES string of the molecule is COCCN(C)CC[18F]. The van der Waals surface area contributed by atoms with Crippen molar-refractivity contribution in [2.45, 2.75) is 0 Å². The molecule has 0 rings (SSSR count). The number of nitrogens with zero attached hydrogens (tertiary/aromatic N) is 1. The first-order chi connectivity index (χ1) is 4.31. The van der Waals surface area contributed by atoms with Gasteiger partial charge in [0.25, 0.3) is 0 Å². The third kappa shape index (κ3) is 5.73. The van der Waals surface area contributed by atoms with E-state index >= 15 is 0 Å². The van der Waals surface area contributed by atoms with Crippen molar-refractivity contribution in [3.63, 3.8) is 0 Å². The van der Waals surface area contributed by atoms with E-state index in [4.69, 9.17) is 4.74 Å². The standard InChI is InChI=1S/C6H14FNO/c1-8(4-3-7)5-6-9-2/h3-6H2,1-2H3/i7-1. The molecule has 0 radical (unpaired) electrons. The van der Waals surface area contributed by atoms with Gasteiger partial charge < -0.3 is 9.64 Å². The normalized spacial score (nSPS) is 10.7. The molecule has 0 amide bonds. The predicted molar refractivity (Wildman–Crippen MR) is 35.3 cm³/mol. The van der Waals surface area contributed by atoms with Gasteiger partial charge in [-0.25, -0.2) is 4.39 Å². The van der Waals surface area contributed by atoms with Crippen molar-refractivity contribution in [3.8, 4) is 0 Å². The van der Waals surface area contributed by atoms with Crippen LogP contribution in [0.25, 0.3) is 0 Å². The summed E-state index contributed by atoms with van der Waals surface area (Å²) in [4.78, 5) is 1.89. The van der Waals surface area contributed by atoms with Crippen LogP contribution in [0.15, 0.2) is 0 Å². The Hall–Kier alpha value is -0.150. The summed E-state index contributed by atoms with van der Waals surface area (Å²) < 4.78 is 16.4. The monoisotopic (exact) mass is 134 g/mol. The molecule has 3 heteroatoms. The van der Waals surface area contributed by atoms with Gasteiger partial charge in [-0.05, 0) is 7.05 Å². The minimum absolute atomic E-state index is 0.278. The van der Waals surface area contributed by atoms with Crippen LogP contribution in [0.2, 0.25) is 0 Å². The summed E-state index contributed by atoms with van der Waals surface area (Å²) in [6.45, 7) is 1.71. The fraction of sp³-hybridized carbons (Fsp3) is 1.00. The zero-order valence-corrected chi connectivity index (χ0v) is 6.06. The summed E-state index contributed by atoms with van der Waals surface area (Å²) in [5.41, 5.74) is 0. The Bertz CT molecular complexity index is 61.0. The van der Waals surface area contributed by atoms with Gasteiger partial charge in [0.15, 0.2) is 0 Å². The molecule has 0 saturated carbocycles. The third-order valence-corrected chi connectivity index (χ3v) is 1.14. The van der Waals surface area contributed by atoms with Gasteiger partial charge in [-0.3, -0.25) is 0 Å². The number of hydrogen-bond acceptors (Lipinski definition) is 2. The first-order valence-corrected chi connectivity index (χ1v) is 3.04. The van der Waals surface area contributed by atoms with Gasteiger partial charge in [0.2, 0.25) is 0 Å². The van der Waals surface area contributed by atoms with Crippen LogP contribution < -0.4 is 0 Å². The maximum atomic E-state index is 11.6. The predicted octanol–water partition coefficient (Wildman–Crippen LogP) is 0.534.